The third kappa shape index (κ3) is 3.79. The van der Waals surface area contributed by atoms with E-state index in [4.69, 9.17) is 9.26 Å². The summed E-state index contributed by atoms with van der Waals surface area (Å²) in [5, 5.41) is 7.84. The maximum absolute atomic E-state index is 12.3. The van der Waals surface area contributed by atoms with Gasteiger partial charge in [0.25, 0.3) is 5.91 Å². The Labute approximate surface area is 146 Å². The largest absolute Gasteiger partial charge is 0.491 e. The first-order valence-electron chi connectivity index (χ1n) is 8.40. The molecule has 0 fully saturated rings. The molecule has 130 valence electrons. The van der Waals surface area contributed by atoms with Crippen molar-refractivity contribution in [2.24, 2.45) is 0 Å². The third-order valence-electron chi connectivity index (χ3n) is 3.96. The van der Waals surface area contributed by atoms with E-state index in [1.807, 2.05) is 37.3 Å². The van der Waals surface area contributed by atoms with Gasteiger partial charge in [0.2, 0.25) is 0 Å². The number of ether oxygens (including phenoxy) is 1. The Hall–Kier alpha value is -2.89. The summed E-state index contributed by atoms with van der Waals surface area (Å²) < 4.78 is 10.9. The van der Waals surface area contributed by atoms with Crippen molar-refractivity contribution in [3.8, 4) is 5.75 Å². The Morgan fingerprint density at radius 2 is 2.12 bits per heavy atom. The topological polar surface area (TPSA) is 77.2 Å². The van der Waals surface area contributed by atoms with Gasteiger partial charge in [0, 0.05) is 18.1 Å². The number of pyridine rings is 1. The third-order valence-corrected chi connectivity index (χ3v) is 3.96. The molecule has 0 aliphatic heterocycles. The van der Waals surface area contributed by atoms with Gasteiger partial charge < -0.3 is 14.6 Å². The number of amides is 1. The zero-order chi connectivity index (χ0) is 17.6. The van der Waals surface area contributed by atoms with Crippen molar-refractivity contribution in [2.75, 3.05) is 13.2 Å². The van der Waals surface area contributed by atoms with Crippen LogP contribution in [0.2, 0.25) is 0 Å². The molecule has 6 heteroatoms. The van der Waals surface area contributed by atoms with Crippen LogP contribution in [0.15, 0.2) is 41.1 Å². The predicted octanol–water partition coefficient (Wildman–Crippen LogP) is 3.29. The molecule has 0 bridgehead atoms. The van der Waals surface area contributed by atoms with Gasteiger partial charge >= 0.3 is 0 Å². The molecule has 0 saturated heterocycles. The Morgan fingerprint density at radius 1 is 1.28 bits per heavy atom. The molecule has 0 unspecified atom stereocenters. The first-order valence-corrected chi connectivity index (χ1v) is 8.40. The predicted molar refractivity (Wildman–Crippen MR) is 94.8 cm³/mol. The molecule has 0 aliphatic rings. The number of carbonyl (C=O) groups excluding carboxylic acids is 1. The molecule has 1 amide bonds. The number of aryl methyl sites for hydroxylation is 2. The Morgan fingerprint density at radius 3 is 2.96 bits per heavy atom. The van der Waals surface area contributed by atoms with Crippen molar-refractivity contribution in [3.63, 3.8) is 0 Å². The number of carbonyl (C=O) groups is 1. The highest BCUT2D eigenvalue weighted by atomic mass is 16.5. The quantitative estimate of drug-likeness (QED) is 0.668. The van der Waals surface area contributed by atoms with Crippen LogP contribution in [-0.2, 0) is 6.42 Å². The van der Waals surface area contributed by atoms with Crippen molar-refractivity contribution in [1.29, 1.82) is 0 Å². The SMILES string of the molecule is CCc1noc(C)c1C(=O)NCCCOc1cccc2cccnc12. The van der Waals surface area contributed by atoms with Crippen LogP contribution in [0.1, 0.15) is 35.2 Å². The molecule has 1 aromatic carbocycles. The summed E-state index contributed by atoms with van der Waals surface area (Å²) in [6, 6.07) is 9.76. The maximum Gasteiger partial charge on any atom is 0.256 e. The number of para-hydroxylation sites is 1. The van der Waals surface area contributed by atoms with E-state index in [1.165, 1.54) is 0 Å². The minimum absolute atomic E-state index is 0.151. The lowest BCUT2D eigenvalue weighted by atomic mass is 10.1. The zero-order valence-corrected chi connectivity index (χ0v) is 14.4. The van der Waals surface area contributed by atoms with E-state index >= 15 is 0 Å². The Balaban J connectivity index is 1.50. The number of benzene rings is 1. The number of rotatable bonds is 7. The smallest absolute Gasteiger partial charge is 0.256 e. The van der Waals surface area contributed by atoms with Gasteiger partial charge in [-0.15, -0.1) is 0 Å². The van der Waals surface area contributed by atoms with Crippen LogP contribution in [0.5, 0.6) is 5.75 Å². The van der Waals surface area contributed by atoms with E-state index in [-0.39, 0.29) is 5.91 Å². The van der Waals surface area contributed by atoms with Gasteiger partial charge in [-0.1, -0.05) is 30.3 Å². The molecule has 6 nitrogen and oxygen atoms in total. The average Bonchev–Trinajstić information content (AvgIpc) is 3.02. The molecule has 3 aromatic rings. The molecule has 1 N–H and O–H groups in total. The first-order chi connectivity index (χ1) is 12.2. The van der Waals surface area contributed by atoms with E-state index in [1.54, 1.807) is 13.1 Å². The van der Waals surface area contributed by atoms with E-state index in [0.29, 0.717) is 43.0 Å². The van der Waals surface area contributed by atoms with Crippen molar-refractivity contribution < 1.29 is 14.1 Å². The van der Waals surface area contributed by atoms with Crippen LogP contribution in [-0.4, -0.2) is 29.2 Å². The standard InChI is InChI=1S/C19H21N3O3/c1-3-15-17(13(2)25-22-15)19(23)21-11-6-12-24-16-9-4-7-14-8-5-10-20-18(14)16/h4-5,7-10H,3,6,11-12H2,1-2H3,(H,21,23). The highest BCUT2D eigenvalue weighted by Gasteiger charge is 2.18. The summed E-state index contributed by atoms with van der Waals surface area (Å²) in [5.74, 6) is 1.16. The molecule has 0 spiro atoms. The molecule has 0 atom stereocenters. The molecule has 0 radical (unpaired) electrons. The first kappa shape index (κ1) is 17.0. The van der Waals surface area contributed by atoms with Crippen molar-refractivity contribution in [3.05, 3.63) is 53.5 Å². The number of nitrogens with zero attached hydrogens (tertiary/aromatic N) is 2. The highest BCUT2D eigenvalue weighted by Crippen LogP contribution is 2.22. The molecule has 0 aliphatic carbocycles. The second-order valence-corrected chi connectivity index (χ2v) is 5.70. The van der Waals surface area contributed by atoms with Gasteiger partial charge in [-0.2, -0.15) is 0 Å². The van der Waals surface area contributed by atoms with E-state index in [2.05, 4.69) is 15.5 Å². The number of fused-ring (bicyclic) bond motifs is 1. The molecular weight excluding hydrogens is 318 g/mol. The fourth-order valence-electron chi connectivity index (χ4n) is 2.69. The summed E-state index contributed by atoms with van der Waals surface area (Å²) in [4.78, 5) is 16.6. The minimum atomic E-state index is -0.151. The van der Waals surface area contributed by atoms with E-state index in [0.717, 1.165) is 16.7 Å². The lowest BCUT2D eigenvalue weighted by Crippen LogP contribution is -2.26. The van der Waals surface area contributed by atoms with Crippen molar-refractivity contribution in [1.82, 2.24) is 15.5 Å². The molecular formula is C19H21N3O3. The van der Waals surface area contributed by atoms with Gasteiger partial charge in [0.15, 0.2) is 0 Å². The molecule has 3 rings (SSSR count). The van der Waals surface area contributed by atoms with Crippen LogP contribution in [0, 0.1) is 6.92 Å². The highest BCUT2D eigenvalue weighted by molar-refractivity contribution is 5.96. The summed E-state index contributed by atoms with van der Waals surface area (Å²) >= 11 is 0. The molecule has 25 heavy (non-hydrogen) atoms. The Bertz CT molecular complexity index is 868. The van der Waals surface area contributed by atoms with Gasteiger partial charge in [0.1, 0.15) is 22.6 Å². The summed E-state index contributed by atoms with van der Waals surface area (Å²) in [6.45, 7) is 4.71. The van der Waals surface area contributed by atoms with E-state index in [9.17, 15) is 4.79 Å². The zero-order valence-electron chi connectivity index (χ0n) is 14.4. The second-order valence-electron chi connectivity index (χ2n) is 5.70. The molecule has 2 heterocycles. The Kier molecular flexibility index (Phi) is 5.28. The number of hydrogen-bond acceptors (Lipinski definition) is 5. The number of hydrogen-bond donors (Lipinski definition) is 1. The average molecular weight is 339 g/mol. The van der Waals surface area contributed by atoms with Gasteiger partial charge in [-0.05, 0) is 31.9 Å². The van der Waals surface area contributed by atoms with Crippen molar-refractivity contribution in [2.45, 2.75) is 26.7 Å². The normalized spacial score (nSPS) is 10.8. The fourth-order valence-corrected chi connectivity index (χ4v) is 2.69. The minimum Gasteiger partial charge on any atom is -0.491 e. The lowest BCUT2D eigenvalue weighted by Gasteiger charge is -2.09. The van der Waals surface area contributed by atoms with Gasteiger partial charge in [-0.25, -0.2) is 0 Å². The second kappa shape index (κ2) is 7.79. The van der Waals surface area contributed by atoms with Crippen LogP contribution in [0.25, 0.3) is 10.9 Å². The van der Waals surface area contributed by atoms with Crippen LogP contribution < -0.4 is 10.1 Å². The summed E-state index contributed by atoms with van der Waals surface area (Å²) in [6.07, 6.45) is 3.11. The summed E-state index contributed by atoms with van der Waals surface area (Å²) in [7, 11) is 0. The van der Waals surface area contributed by atoms with Crippen LogP contribution in [0.3, 0.4) is 0 Å². The number of nitrogens with one attached hydrogen (secondary N) is 1. The van der Waals surface area contributed by atoms with Crippen molar-refractivity contribution >= 4 is 16.8 Å². The maximum atomic E-state index is 12.3. The van der Waals surface area contributed by atoms with Gasteiger partial charge in [-0.3, -0.25) is 9.78 Å². The number of aromatic nitrogens is 2. The molecule has 0 saturated carbocycles. The van der Waals surface area contributed by atoms with Crippen LogP contribution >= 0.6 is 0 Å². The van der Waals surface area contributed by atoms with Crippen LogP contribution in [0.4, 0.5) is 0 Å². The van der Waals surface area contributed by atoms with E-state index < -0.39 is 0 Å². The molecule has 2 aromatic heterocycles. The monoisotopic (exact) mass is 339 g/mol. The lowest BCUT2D eigenvalue weighted by molar-refractivity contribution is 0.0949. The summed E-state index contributed by atoms with van der Waals surface area (Å²) in [5.41, 5.74) is 2.08. The van der Waals surface area contributed by atoms with Gasteiger partial charge in [0.05, 0.1) is 12.3 Å². The fraction of sp³-hybridized carbons (Fsp3) is 0.316.